The van der Waals surface area contributed by atoms with E-state index in [1.807, 2.05) is 0 Å². The highest BCUT2D eigenvalue weighted by Gasteiger charge is 2.36. The minimum atomic E-state index is 0.904. The molecule has 0 heterocycles. The molecule has 0 aromatic rings. The molecule has 8 aliphatic carbocycles. The van der Waals surface area contributed by atoms with Crippen molar-refractivity contribution in [1.29, 1.82) is 0 Å². The Labute approximate surface area is 561 Å². The lowest BCUT2D eigenvalue weighted by atomic mass is 9.65. The van der Waals surface area contributed by atoms with E-state index in [-0.39, 0.29) is 0 Å². The smallest absolute Gasteiger partial charge is 0.0386 e. The second-order valence-electron chi connectivity index (χ2n) is 39.2. The summed E-state index contributed by atoms with van der Waals surface area (Å²) in [5, 5.41) is 0. The first kappa shape index (κ1) is 86.0. The van der Waals surface area contributed by atoms with Gasteiger partial charge in [-0.05, 0) is 318 Å². The summed E-state index contributed by atoms with van der Waals surface area (Å²) in [6.45, 7) is 75.3. The monoisotopic (exact) mass is 1230 g/mol. The predicted octanol–water partition coefficient (Wildman–Crippen LogP) is 29.7. The van der Waals surface area contributed by atoms with Crippen LogP contribution in [0.3, 0.4) is 0 Å². The van der Waals surface area contributed by atoms with Crippen LogP contribution >= 0.6 is 0 Å². The van der Waals surface area contributed by atoms with Crippen molar-refractivity contribution in [3.63, 3.8) is 0 Å². The molecule has 0 bridgehead atoms. The van der Waals surface area contributed by atoms with E-state index in [4.69, 9.17) is 0 Å². The highest BCUT2D eigenvalue weighted by Crippen LogP contribution is 2.47. The van der Waals surface area contributed by atoms with Crippen LogP contribution in [0.5, 0.6) is 0 Å². The third-order valence-electron chi connectivity index (χ3n) is 25.7. The highest BCUT2D eigenvalue weighted by molar-refractivity contribution is 4.87. The Bertz CT molecular complexity index is 1380. The molecule has 0 saturated heterocycles. The highest BCUT2D eigenvalue weighted by atomic mass is 14.4. The number of hydrogen-bond acceptors (Lipinski definition) is 0. The summed E-state index contributed by atoms with van der Waals surface area (Å²) in [4.78, 5) is 0. The van der Waals surface area contributed by atoms with Crippen molar-refractivity contribution in [2.24, 2.45) is 189 Å². The molecule has 0 N–H and O–H groups in total. The first-order valence-corrected chi connectivity index (χ1v) is 40.8. The lowest BCUT2D eigenvalue weighted by Crippen LogP contribution is -2.30. The Morgan fingerprint density at radius 3 is 0.398 bits per heavy atom. The maximum absolute atomic E-state index is 2.37. The largest absolute Gasteiger partial charge is 0.0628 e. The van der Waals surface area contributed by atoms with Gasteiger partial charge in [0.15, 0.2) is 0 Å². The van der Waals surface area contributed by atoms with Gasteiger partial charge in [0.2, 0.25) is 0 Å². The molecule has 8 fully saturated rings. The molecule has 0 unspecified atom stereocenters. The lowest BCUT2D eigenvalue weighted by Gasteiger charge is -2.40. The van der Waals surface area contributed by atoms with E-state index in [0.29, 0.717) is 0 Å². The molecule has 528 valence electrons. The molecular formula is C88H176. The summed E-state index contributed by atoms with van der Waals surface area (Å²) in [7, 11) is 0. The van der Waals surface area contributed by atoms with Crippen LogP contribution in [0.25, 0.3) is 0 Å². The third-order valence-corrected chi connectivity index (χ3v) is 25.7. The molecule has 0 heteroatoms. The van der Waals surface area contributed by atoms with Crippen LogP contribution in [-0.4, -0.2) is 0 Å². The summed E-state index contributed by atoms with van der Waals surface area (Å²) in [5.74, 6) is 31.5. The van der Waals surface area contributed by atoms with E-state index >= 15 is 0 Å². The van der Waals surface area contributed by atoms with Gasteiger partial charge in [-0.3, -0.25) is 0 Å². The summed E-state index contributed by atoms with van der Waals surface area (Å²) in [6, 6.07) is 0. The molecule has 0 amide bonds. The van der Waals surface area contributed by atoms with E-state index in [1.165, 1.54) is 154 Å². The molecule has 8 rings (SSSR count). The van der Waals surface area contributed by atoms with Gasteiger partial charge in [0, 0.05) is 0 Å². The third kappa shape index (κ3) is 35.7. The van der Waals surface area contributed by atoms with E-state index in [9.17, 15) is 0 Å². The van der Waals surface area contributed by atoms with Crippen molar-refractivity contribution in [3.05, 3.63) is 0 Å². The SMILES string of the molecule is CC(C)C1CC(C(C)C)C1.CC(C)C1CC(C(C)C)C1.CC(C)C1CC(C(C)C)C1.CC(C)CC1CC(C(C)C)C1.CC(C)CC1CC(C(C)C)C1.CC(C)CC1CCC(CC(C)C)CC1.CC(C)[C@@H]1CC[C@@H](C(C)C)C1.CC(C)[C@H]1CC[C@H](C(C)C)C1. The molecule has 0 radical (unpaired) electrons. The zero-order chi connectivity index (χ0) is 67.4. The predicted molar refractivity (Wildman–Crippen MR) is 404 cm³/mol. The summed E-state index contributed by atoms with van der Waals surface area (Å²) >= 11 is 0. The molecule has 0 spiro atoms. The second kappa shape index (κ2) is 44.7. The van der Waals surface area contributed by atoms with Gasteiger partial charge in [-0.1, -0.05) is 247 Å². The van der Waals surface area contributed by atoms with E-state index in [2.05, 4.69) is 222 Å². The van der Waals surface area contributed by atoms with Gasteiger partial charge in [0.05, 0.1) is 0 Å². The number of hydrogen-bond donors (Lipinski definition) is 0. The molecule has 0 aliphatic heterocycles. The molecular weight excluding hydrogens is 1060 g/mol. The van der Waals surface area contributed by atoms with Gasteiger partial charge >= 0.3 is 0 Å². The van der Waals surface area contributed by atoms with Crippen LogP contribution in [0.4, 0.5) is 0 Å². The van der Waals surface area contributed by atoms with Crippen LogP contribution in [-0.2, 0) is 0 Å². The van der Waals surface area contributed by atoms with E-state index in [0.717, 1.165) is 189 Å². The Morgan fingerprint density at radius 1 is 0.148 bits per heavy atom. The van der Waals surface area contributed by atoms with Crippen LogP contribution < -0.4 is 0 Å². The fourth-order valence-corrected chi connectivity index (χ4v) is 17.3. The van der Waals surface area contributed by atoms with Crippen LogP contribution in [0, 0.1) is 189 Å². The van der Waals surface area contributed by atoms with Crippen molar-refractivity contribution in [1.82, 2.24) is 0 Å². The molecule has 0 aromatic carbocycles. The molecule has 8 aliphatic rings. The van der Waals surface area contributed by atoms with E-state index in [1.54, 1.807) is 0 Å². The molecule has 0 nitrogen and oxygen atoms in total. The van der Waals surface area contributed by atoms with Crippen molar-refractivity contribution in [2.45, 2.75) is 376 Å². The first-order chi connectivity index (χ1) is 40.8. The van der Waals surface area contributed by atoms with Crippen molar-refractivity contribution >= 4 is 0 Å². The van der Waals surface area contributed by atoms with E-state index < -0.39 is 0 Å². The zero-order valence-corrected chi connectivity index (χ0v) is 67.4. The van der Waals surface area contributed by atoms with Crippen molar-refractivity contribution in [3.8, 4) is 0 Å². The van der Waals surface area contributed by atoms with Crippen molar-refractivity contribution in [2.75, 3.05) is 0 Å². The normalized spacial score (nSPS) is 31.6. The molecule has 8 saturated carbocycles. The summed E-state index contributed by atoms with van der Waals surface area (Å²) < 4.78 is 0. The average Bonchev–Trinajstić information content (AvgIpc) is 4.15. The number of rotatable bonds is 20. The Morgan fingerprint density at radius 2 is 0.273 bits per heavy atom. The molecule has 0 aromatic heterocycles. The lowest BCUT2D eigenvalue weighted by molar-refractivity contribution is 0.102. The van der Waals surface area contributed by atoms with Gasteiger partial charge < -0.3 is 0 Å². The van der Waals surface area contributed by atoms with Crippen molar-refractivity contribution < 1.29 is 0 Å². The van der Waals surface area contributed by atoms with Gasteiger partial charge in [-0.25, -0.2) is 0 Å². The maximum atomic E-state index is 2.37. The van der Waals surface area contributed by atoms with Crippen LogP contribution in [0.2, 0.25) is 0 Å². The first-order valence-electron chi connectivity index (χ1n) is 40.8. The summed E-state index contributed by atoms with van der Waals surface area (Å²) in [6.07, 6.45) is 35.8. The fraction of sp³-hybridized carbons (Fsp3) is 1.00. The zero-order valence-electron chi connectivity index (χ0n) is 67.4. The second-order valence-corrected chi connectivity index (χ2v) is 39.2. The van der Waals surface area contributed by atoms with Gasteiger partial charge in [-0.2, -0.15) is 0 Å². The summed E-state index contributed by atoms with van der Waals surface area (Å²) in [5.41, 5.74) is 0. The molecule has 4 atom stereocenters. The van der Waals surface area contributed by atoms with Gasteiger partial charge in [0.25, 0.3) is 0 Å². The van der Waals surface area contributed by atoms with Crippen LogP contribution in [0.15, 0.2) is 0 Å². The van der Waals surface area contributed by atoms with Gasteiger partial charge in [-0.15, -0.1) is 0 Å². The fourth-order valence-electron chi connectivity index (χ4n) is 17.3. The van der Waals surface area contributed by atoms with Crippen LogP contribution in [0.1, 0.15) is 376 Å². The maximum Gasteiger partial charge on any atom is -0.0386 e. The molecule has 88 heavy (non-hydrogen) atoms. The minimum Gasteiger partial charge on any atom is -0.0628 e. The quantitative estimate of drug-likeness (QED) is 0.114. The average molecular weight is 1230 g/mol. The Hall–Kier alpha value is 0. The Kier molecular flexibility index (Phi) is 43.7. The Balaban J connectivity index is 0.000000504. The topological polar surface area (TPSA) is 0 Å². The standard InChI is InChI=1S/C14H28.4C11H22.3C10H20/c1-11(2)9-13-5-7-14(8-6-13)10-12(3)4;2*1-8(2)5-10-6-11(7-10)9(3)4;2*1-8(2)10-5-6-11(7-10)9(3)4;3*1-7(2)9-5-10(6-9)8(3)4/h11-14H,5-10H2,1-4H3;4*8-11H,5-7H2,1-4H3;3*7-10H,5-6H2,1-4H3/t;;;2*10-,11-;;;/m...10.../s1. The van der Waals surface area contributed by atoms with Gasteiger partial charge in [0.1, 0.15) is 0 Å². The minimum absolute atomic E-state index is 0.904.